The molecule has 1 atom stereocenters. The standard InChI is InChI=1S/C21H22N4O2S/c1-2-3-6-12-28-21-23-20(27)18-16-10-4-5-11-17(16)22-19(25(18)24-21)14-8-7-9-15(26)13-14/h4-5,7-11,13,19H,2-3,6,12H2,1H3,(H2,23,24,26,27)/p+1/t19-/m0/s1. The van der Waals surface area contributed by atoms with E-state index >= 15 is 0 Å². The number of hydrogen-bond donors (Lipinski definition) is 3. The Balaban J connectivity index is 1.80. The van der Waals surface area contributed by atoms with Crippen LogP contribution in [0.5, 0.6) is 5.75 Å². The van der Waals surface area contributed by atoms with E-state index in [1.165, 1.54) is 0 Å². The third-order valence-corrected chi connectivity index (χ3v) is 5.70. The number of H-pyrrole nitrogens is 1. The van der Waals surface area contributed by atoms with Crippen LogP contribution in [0.15, 0.2) is 58.5 Å². The van der Waals surface area contributed by atoms with Crippen molar-refractivity contribution in [2.45, 2.75) is 37.5 Å². The Kier molecular flexibility index (Phi) is 5.34. The van der Waals surface area contributed by atoms with E-state index < -0.39 is 0 Å². The number of aromatic nitrogens is 3. The number of para-hydroxylation sites is 1. The molecule has 28 heavy (non-hydrogen) atoms. The summed E-state index contributed by atoms with van der Waals surface area (Å²) >= 11 is 1.56. The summed E-state index contributed by atoms with van der Waals surface area (Å²) in [5.74, 6) is 1.09. The first-order valence-electron chi connectivity index (χ1n) is 9.51. The first-order valence-corrected chi connectivity index (χ1v) is 10.5. The van der Waals surface area contributed by atoms with Crippen molar-refractivity contribution in [3.05, 3.63) is 64.4 Å². The predicted molar refractivity (Wildman–Crippen MR) is 111 cm³/mol. The summed E-state index contributed by atoms with van der Waals surface area (Å²) in [6, 6.07) is 14.7. The lowest BCUT2D eigenvalue weighted by Crippen LogP contribution is -2.55. The second kappa shape index (κ2) is 8.06. The molecule has 1 aliphatic rings. The lowest BCUT2D eigenvalue weighted by molar-refractivity contribution is -0.759. The van der Waals surface area contributed by atoms with Crippen molar-refractivity contribution in [1.82, 2.24) is 10.1 Å². The van der Waals surface area contributed by atoms with Gasteiger partial charge in [-0.3, -0.25) is 9.78 Å². The number of thioether (sulfide) groups is 1. The van der Waals surface area contributed by atoms with Crippen molar-refractivity contribution in [2.75, 3.05) is 11.1 Å². The lowest BCUT2D eigenvalue weighted by Gasteiger charge is -2.22. The average Bonchev–Trinajstić information content (AvgIpc) is 2.70. The van der Waals surface area contributed by atoms with Gasteiger partial charge in [-0.2, -0.15) is 0 Å². The number of aromatic hydroxyl groups is 1. The van der Waals surface area contributed by atoms with Crippen LogP contribution in [0.25, 0.3) is 11.3 Å². The zero-order valence-corrected chi connectivity index (χ0v) is 16.5. The first kappa shape index (κ1) is 18.6. The molecule has 3 N–H and O–H groups in total. The number of fused-ring (bicyclic) bond motifs is 3. The van der Waals surface area contributed by atoms with Crippen molar-refractivity contribution in [3.8, 4) is 17.0 Å². The van der Waals surface area contributed by atoms with Gasteiger partial charge in [0.05, 0.1) is 11.3 Å². The molecule has 4 rings (SSSR count). The molecule has 2 aromatic carbocycles. The van der Waals surface area contributed by atoms with Gasteiger partial charge in [0.1, 0.15) is 5.75 Å². The minimum Gasteiger partial charge on any atom is -0.508 e. The highest BCUT2D eigenvalue weighted by molar-refractivity contribution is 7.99. The molecule has 0 bridgehead atoms. The maximum Gasteiger partial charge on any atom is 0.325 e. The Morgan fingerprint density at radius 2 is 2.04 bits per heavy atom. The Morgan fingerprint density at radius 3 is 2.86 bits per heavy atom. The monoisotopic (exact) mass is 395 g/mol. The summed E-state index contributed by atoms with van der Waals surface area (Å²) in [5, 5.41) is 18.7. The smallest absolute Gasteiger partial charge is 0.325 e. The second-order valence-corrected chi connectivity index (χ2v) is 7.88. The Bertz CT molecular complexity index is 1050. The number of hydrogen-bond acceptors (Lipinski definition) is 5. The second-order valence-electron chi connectivity index (χ2n) is 6.80. The van der Waals surface area contributed by atoms with E-state index in [1.807, 2.05) is 30.3 Å². The third-order valence-electron chi connectivity index (χ3n) is 4.75. The molecule has 0 unspecified atom stereocenters. The summed E-state index contributed by atoms with van der Waals surface area (Å²) < 4.78 is 1.73. The Hall–Kier alpha value is -2.80. The number of benzene rings is 2. The average molecular weight is 396 g/mol. The lowest BCUT2D eigenvalue weighted by atomic mass is 10.0. The molecule has 0 saturated heterocycles. The molecule has 0 aliphatic carbocycles. The van der Waals surface area contributed by atoms with E-state index in [2.05, 4.69) is 17.2 Å². The highest BCUT2D eigenvalue weighted by atomic mass is 32.2. The number of phenolic OH excluding ortho intramolecular Hbond substituents is 1. The van der Waals surface area contributed by atoms with E-state index in [0.29, 0.717) is 10.9 Å². The summed E-state index contributed by atoms with van der Waals surface area (Å²) in [6.07, 6.45) is 3.03. The highest BCUT2D eigenvalue weighted by Gasteiger charge is 2.37. The fourth-order valence-electron chi connectivity index (χ4n) is 3.39. The van der Waals surface area contributed by atoms with Crippen LogP contribution in [-0.2, 0) is 0 Å². The normalized spacial score (nSPS) is 14.8. The minimum absolute atomic E-state index is 0.160. The van der Waals surface area contributed by atoms with E-state index in [-0.39, 0.29) is 17.5 Å². The van der Waals surface area contributed by atoms with Crippen LogP contribution in [-0.4, -0.2) is 20.9 Å². The number of rotatable bonds is 6. The van der Waals surface area contributed by atoms with Crippen LogP contribution in [0.2, 0.25) is 0 Å². The zero-order valence-electron chi connectivity index (χ0n) is 15.7. The van der Waals surface area contributed by atoms with E-state index in [1.54, 1.807) is 34.6 Å². The van der Waals surface area contributed by atoms with Crippen LogP contribution in [0.3, 0.4) is 0 Å². The molecule has 7 heteroatoms. The SMILES string of the molecule is CCCCCSc1n[n+]2c(c(=O)[nH]1)-c1ccccc1N[C@@H]2c1cccc(O)c1. The fourth-order valence-corrected chi connectivity index (χ4v) is 4.25. The molecule has 1 aliphatic heterocycles. The maximum atomic E-state index is 13.0. The molecule has 0 amide bonds. The molecule has 0 spiro atoms. The van der Waals surface area contributed by atoms with Gasteiger partial charge in [-0.1, -0.05) is 49.7 Å². The molecular weight excluding hydrogens is 372 g/mol. The van der Waals surface area contributed by atoms with Crippen molar-refractivity contribution in [3.63, 3.8) is 0 Å². The molecule has 1 aromatic heterocycles. The predicted octanol–water partition coefficient (Wildman–Crippen LogP) is 3.68. The van der Waals surface area contributed by atoms with Crippen molar-refractivity contribution >= 4 is 17.4 Å². The number of unbranched alkanes of at least 4 members (excludes halogenated alkanes) is 2. The molecule has 2 heterocycles. The molecule has 0 saturated carbocycles. The van der Waals surface area contributed by atoms with Crippen LogP contribution < -0.4 is 15.6 Å². The number of nitrogens with zero attached hydrogens (tertiary/aromatic N) is 2. The van der Waals surface area contributed by atoms with Gasteiger partial charge >= 0.3 is 11.3 Å². The van der Waals surface area contributed by atoms with Crippen molar-refractivity contribution < 1.29 is 9.79 Å². The summed E-state index contributed by atoms with van der Waals surface area (Å²) in [4.78, 5) is 15.9. The fraction of sp³-hybridized carbons (Fsp3) is 0.286. The highest BCUT2D eigenvalue weighted by Crippen LogP contribution is 2.32. The Morgan fingerprint density at radius 1 is 1.18 bits per heavy atom. The van der Waals surface area contributed by atoms with Gasteiger partial charge in [0, 0.05) is 16.4 Å². The molecule has 3 aromatic rings. The van der Waals surface area contributed by atoms with Crippen LogP contribution in [0.4, 0.5) is 5.69 Å². The summed E-state index contributed by atoms with van der Waals surface area (Å²) in [5.41, 5.74) is 2.87. The van der Waals surface area contributed by atoms with E-state index in [9.17, 15) is 9.90 Å². The van der Waals surface area contributed by atoms with Crippen LogP contribution in [0, 0.1) is 0 Å². The summed E-state index contributed by atoms with van der Waals surface area (Å²) in [6.45, 7) is 2.17. The van der Waals surface area contributed by atoms with Gasteiger partial charge < -0.3 is 10.4 Å². The van der Waals surface area contributed by atoms with Gasteiger partial charge in [0.15, 0.2) is 0 Å². The van der Waals surface area contributed by atoms with E-state index in [0.717, 1.165) is 41.8 Å². The minimum atomic E-state index is -0.380. The summed E-state index contributed by atoms with van der Waals surface area (Å²) in [7, 11) is 0. The van der Waals surface area contributed by atoms with Gasteiger partial charge in [-0.05, 0) is 41.4 Å². The largest absolute Gasteiger partial charge is 0.508 e. The number of nitrogens with one attached hydrogen (secondary N) is 2. The van der Waals surface area contributed by atoms with Gasteiger partial charge in [0.25, 0.3) is 6.17 Å². The molecule has 144 valence electrons. The van der Waals surface area contributed by atoms with Crippen LogP contribution >= 0.6 is 11.8 Å². The molecule has 0 fully saturated rings. The van der Waals surface area contributed by atoms with Gasteiger partial charge in [-0.25, -0.2) is 0 Å². The molecular formula is C21H23N4O2S+. The number of aromatic amines is 1. The van der Waals surface area contributed by atoms with Gasteiger partial charge in [0.2, 0.25) is 5.16 Å². The zero-order chi connectivity index (χ0) is 19.5. The quantitative estimate of drug-likeness (QED) is 0.337. The van der Waals surface area contributed by atoms with E-state index in [4.69, 9.17) is 5.10 Å². The molecule has 6 nitrogen and oxygen atoms in total. The number of phenols is 1. The third kappa shape index (κ3) is 3.62. The molecule has 0 radical (unpaired) electrons. The van der Waals surface area contributed by atoms with Crippen molar-refractivity contribution in [1.29, 1.82) is 0 Å². The van der Waals surface area contributed by atoms with Crippen molar-refractivity contribution in [2.24, 2.45) is 0 Å². The van der Waals surface area contributed by atoms with Gasteiger partial charge in [-0.15, -0.1) is 0 Å². The Labute approximate surface area is 167 Å². The maximum absolute atomic E-state index is 13.0. The topological polar surface area (TPSA) is 81.9 Å². The number of anilines is 1. The van der Waals surface area contributed by atoms with Crippen LogP contribution in [0.1, 0.15) is 37.9 Å². The first-order chi connectivity index (χ1) is 13.7.